The van der Waals surface area contributed by atoms with Crippen LogP contribution in [0.3, 0.4) is 0 Å². The van der Waals surface area contributed by atoms with E-state index in [2.05, 4.69) is 35.4 Å². The van der Waals surface area contributed by atoms with Crippen LogP contribution in [-0.4, -0.2) is 16.7 Å². The van der Waals surface area contributed by atoms with Crippen molar-refractivity contribution in [1.82, 2.24) is 15.5 Å². The quantitative estimate of drug-likeness (QED) is 0.841. The van der Waals surface area contributed by atoms with E-state index in [1.54, 1.807) is 6.92 Å². The molecule has 2 rings (SSSR count). The van der Waals surface area contributed by atoms with E-state index in [9.17, 15) is 0 Å². The average Bonchev–Trinajstić information content (AvgIpc) is 2.89. The Hall–Kier alpha value is -1.88. The molecule has 0 radical (unpaired) electrons. The topological polar surface area (TPSA) is 60.2 Å². The highest BCUT2D eigenvalue weighted by atomic mass is 16.5. The monoisotopic (exact) mass is 275 g/mol. The standard InChI is InChI=1S/C15H21N3O2/c1-4-13(16-5-2)12-8-6-7-9-14(12)19-10-15-17-11(3)18-20-15/h6-9,13,16H,4-5,10H2,1-3H3. The number of nitrogens with zero attached hydrogens (tertiary/aromatic N) is 2. The molecule has 0 aliphatic carbocycles. The normalized spacial score (nSPS) is 12.3. The van der Waals surface area contributed by atoms with Crippen LogP contribution in [0.4, 0.5) is 0 Å². The molecule has 1 unspecified atom stereocenters. The molecule has 0 spiro atoms. The Morgan fingerprint density at radius 1 is 1.30 bits per heavy atom. The maximum absolute atomic E-state index is 5.83. The second-order valence-corrected chi connectivity index (χ2v) is 4.58. The zero-order valence-corrected chi connectivity index (χ0v) is 12.2. The highest BCUT2D eigenvalue weighted by Gasteiger charge is 2.14. The van der Waals surface area contributed by atoms with Crippen LogP contribution in [0.2, 0.25) is 0 Å². The Labute approximate surface area is 119 Å². The first-order valence-electron chi connectivity index (χ1n) is 6.98. The van der Waals surface area contributed by atoms with Gasteiger partial charge < -0.3 is 14.6 Å². The molecule has 0 aliphatic heterocycles. The van der Waals surface area contributed by atoms with Crippen LogP contribution < -0.4 is 10.1 Å². The van der Waals surface area contributed by atoms with Crippen molar-refractivity contribution in [3.05, 3.63) is 41.5 Å². The first kappa shape index (κ1) is 14.5. The van der Waals surface area contributed by atoms with Crippen molar-refractivity contribution in [2.24, 2.45) is 0 Å². The summed E-state index contributed by atoms with van der Waals surface area (Å²) in [6.07, 6.45) is 1.01. The zero-order chi connectivity index (χ0) is 14.4. The van der Waals surface area contributed by atoms with Crippen LogP contribution in [-0.2, 0) is 6.61 Å². The first-order chi connectivity index (χ1) is 9.74. The van der Waals surface area contributed by atoms with E-state index in [1.165, 1.54) is 0 Å². The number of hydrogen-bond acceptors (Lipinski definition) is 5. The molecule has 0 fully saturated rings. The number of aromatic nitrogens is 2. The summed E-state index contributed by atoms with van der Waals surface area (Å²) in [5, 5.41) is 7.21. The second kappa shape index (κ2) is 7.05. The summed E-state index contributed by atoms with van der Waals surface area (Å²) >= 11 is 0. The van der Waals surface area contributed by atoms with Crippen molar-refractivity contribution >= 4 is 0 Å². The molecular weight excluding hydrogens is 254 g/mol. The maximum Gasteiger partial charge on any atom is 0.264 e. The molecule has 2 aromatic rings. The molecule has 5 nitrogen and oxygen atoms in total. The van der Waals surface area contributed by atoms with E-state index in [0.717, 1.165) is 24.3 Å². The minimum absolute atomic E-state index is 0.292. The van der Waals surface area contributed by atoms with Gasteiger partial charge in [0.2, 0.25) is 0 Å². The van der Waals surface area contributed by atoms with Gasteiger partial charge >= 0.3 is 0 Å². The number of hydrogen-bond donors (Lipinski definition) is 1. The predicted molar refractivity (Wildman–Crippen MR) is 76.5 cm³/mol. The van der Waals surface area contributed by atoms with Gasteiger partial charge in [0.1, 0.15) is 5.75 Å². The van der Waals surface area contributed by atoms with Gasteiger partial charge in [-0.2, -0.15) is 4.98 Å². The number of aryl methyl sites for hydroxylation is 1. The Kier molecular flexibility index (Phi) is 5.12. The fraction of sp³-hybridized carbons (Fsp3) is 0.467. The van der Waals surface area contributed by atoms with Crippen LogP contribution in [0, 0.1) is 6.92 Å². The third kappa shape index (κ3) is 3.57. The van der Waals surface area contributed by atoms with E-state index in [-0.39, 0.29) is 0 Å². The Morgan fingerprint density at radius 3 is 2.75 bits per heavy atom. The minimum Gasteiger partial charge on any atom is -0.483 e. The minimum atomic E-state index is 0.292. The fourth-order valence-corrected chi connectivity index (χ4v) is 2.16. The highest BCUT2D eigenvalue weighted by Crippen LogP contribution is 2.27. The van der Waals surface area contributed by atoms with Crippen LogP contribution in [0.25, 0.3) is 0 Å². The Morgan fingerprint density at radius 2 is 2.10 bits per heavy atom. The molecule has 1 aromatic carbocycles. The van der Waals surface area contributed by atoms with Crippen molar-refractivity contribution in [2.45, 2.75) is 39.8 Å². The molecular formula is C15H21N3O2. The van der Waals surface area contributed by atoms with Crippen LogP contribution in [0.15, 0.2) is 28.8 Å². The van der Waals surface area contributed by atoms with E-state index in [0.29, 0.717) is 24.4 Å². The van der Waals surface area contributed by atoms with E-state index < -0.39 is 0 Å². The summed E-state index contributed by atoms with van der Waals surface area (Å²) in [7, 11) is 0. The molecule has 1 atom stereocenters. The molecule has 0 bridgehead atoms. The molecule has 108 valence electrons. The third-order valence-corrected chi connectivity index (χ3v) is 3.07. The maximum atomic E-state index is 5.83. The van der Waals surface area contributed by atoms with E-state index >= 15 is 0 Å². The van der Waals surface area contributed by atoms with Gasteiger partial charge in [0.05, 0.1) is 0 Å². The van der Waals surface area contributed by atoms with E-state index in [1.807, 2.05) is 18.2 Å². The summed E-state index contributed by atoms with van der Waals surface area (Å²) < 4.78 is 10.9. The predicted octanol–water partition coefficient (Wildman–Crippen LogP) is 3.02. The molecule has 20 heavy (non-hydrogen) atoms. The molecule has 0 amide bonds. The molecule has 0 saturated heterocycles. The van der Waals surface area contributed by atoms with Crippen LogP contribution in [0.1, 0.15) is 43.6 Å². The van der Waals surface area contributed by atoms with Gasteiger partial charge in [-0.05, 0) is 26.0 Å². The lowest BCUT2D eigenvalue weighted by Crippen LogP contribution is -2.20. The van der Waals surface area contributed by atoms with Crippen molar-refractivity contribution in [3.8, 4) is 5.75 Å². The lowest BCUT2D eigenvalue weighted by molar-refractivity contribution is 0.239. The second-order valence-electron chi connectivity index (χ2n) is 4.58. The average molecular weight is 275 g/mol. The lowest BCUT2D eigenvalue weighted by atomic mass is 10.0. The van der Waals surface area contributed by atoms with Gasteiger partial charge in [0.25, 0.3) is 5.89 Å². The fourth-order valence-electron chi connectivity index (χ4n) is 2.16. The molecule has 0 aliphatic rings. The number of ether oxygens (including phenoxy) is 1. The van der Waals surface area contributed by atoms with Crippen molar-refractivity contribution in [2.75, 3.05) is 6.54 Å². The van der Waals surface area contributed by atoms with E-state index in [4.69, 9.17) is 9.26 Å². The van der Waals surface area contributed by atoms with Crippen molar-refractivity contribution in [1.29, 1.82) is 0 Å². The molecule has 1 heterocycles. The highest BCUT2D eigenvalue weighted by molar-refractivity contribution is 5.35. The van der Waals surface area contributed by atoms with Crippen LogP contribution in [0.5, 0.6) is 5.75 Å². The van der Waals surface area contributed by atoms with Gasteiger partial charge in [-0.25, -0.2) is 0 Å². The molecule has 5 heteroatoms. The molecule has 0 saturated carbocycles. The van der Waals surface area contributed by atoms with Gasteiger partial charge in [0, 0.05) is 11.6 Å². The Bertz CT molecular complexity index is 539. The number of nitrogens with one attached hydrogen (secondary N) is 1. The SMILES string of the molecule is CCNC(CC)c1ccccc1OCc1nc(C)no1. The molecule has 1 aromatic heterocycles. The lowest BCUT2D eigenvalue weighted by Gasteiger charge is -2.19. The number of para-hydroxylation sites is 1. The summed E-state index contributed by atoms with van der Waals surface area (Å²) in [5.41, 5.74) is 1.16. The van der Waals surface area contributed by atoms with Gasteiger partial charge in [-0.1, -0.05) is 37.2 Å². The summed E-state index contributed by atoms with van der Waals surface area (Å²) in [4.78, 5) is 4.14. The number of benzene rings is 1. The van der Waals surface area contributed by atoms with Gasteiger partial charge in [-0.15, -0.1) is 0 Å². The largest absolute Gasteiger partial charge is 0.483 e. The van der Waals surface area contributed by atoms with Crippen molar-refractivity contribution in [3.63, 3.8) is 0 Å². The smallest absolute Gasteiger partial charge is 0.264 e. The van der Waals surface area contributed by atoms with Gasteiger partial charge in [-0.3, -0.25) is 0 Å². The van der Waals surface area contributed by atoms with Crippen molar-refractivity contribution < 1.29 is 9.26 Å². The summed E-state index contributed by atoms with van der Waals surface area (Å²) in [6, 6.07) is 8.35. The first-order valence-corrected chi connectivity index (χ1v) is 6.98. The summed E-state index contributed by atoms with van der Waals surface area (Å²) in [6.45, 7) is 7.27. The summed E-state index contributed by atoms with van der Waals surface area (Å²) in [5.74, 6) is 1.97. The van der Waals surface area contributed by atoms with Crippen LogP contribution >= 0.6 is 0 Å². The third-order valence-electron chi connectivity index (χ3n) is 3.07. The molecule has 1 N–H and O–H groups in total. The Balaban J connectivity index is 2.10. The number of rotatable bonds is 7. The van der Waals surface area contributed by atoms with Gasteiger partial charge in [0.15, 0.2) is 12.4 Å². The zero-order valence-electron chi connectivity index (χ0n) is 12.2.